The van der Waals surface area contributed by atoms with Gasteiger partial charge in [0.1, 0.15) is 11.3 Å². The Hall–Kier alpha value is -3.15. The molecule has 0 fully saturated rings. The van der Waals surface area contributed by atoms with E-state index in [0.717, 1.165) is 22.9 Å². The van der Waals surface area contributed by atoms with E-state index in [1.54, 1.807) is 19.3 Å². The van der Waals surface area contributed by atoms with Crippen molar-refractivity contribution in [3.05, 3.63) is 69.8 Å². The Labute approximate surface area is 157 Å². The van der Waals surface area contributed by atoms with Gasteiger partial charge >= 0.3 is 5.63 Å². The fourth-order valence-electron chi connectivity index (χ4n) is 2.91. The van der Waals surface area contributed by atoms with Crippen LogP contribution in [-0.2, 0) is 17.8 Å². The van der Waals surface area contributed by atoms with Crippen LogP contribution in [0, 0.1) is 6.92 Å². The largest absolute Gasteiger partial charge is 0.480 e. The number of rotatable bonds is 6. The molecule has 1 amide bonds. The van der Waals surface area contributed by atoms with Crippen LogP contribution in [0.4, 0.5) is 0 Å². The van der Waals surface area contributed by atoms with Crippen molar-refractivity contribution in [2.45, 2.75) is 39.8 Å². The van der Waals surface area contributed by atoms with Gasteiger partial charge in [-0.25, -0.2) is 4.79 Å². The highest BCUT2D eigenvalue weighted by Crippen LogP contribution is 2.29. The van der Waals surface area contributed by atoms with E-state index in [-0.39, 0.29) is 11.5 Å². The Morgan fingerprint density at radius 2 is 2.00 bits per heavy atom. The Morgan fingerprint density at radius 3 is 2.70 bits per heavy atom. The number of aryl methyl sites for hydroxylation is 2. The van der Waals surface area contributed by atoms with Crippen molar-refractivity contribution in [2.75, 3.05) is 0 Å². The number of carbonyl (C=O) groups excluding carboxylic acids is 1. The normalized spacial score (nSPS) is 12.0. The molecule has 0 radical (unpaired) electrons. The SMILES string of the molecule is CCc1cc(=O)oc2c(C)c(OC(C)C(=O)NCc3ccncc3)ccc12. The first-order valence-electron chi connectivity index (χ1n) is 8.89. The van der Waals surface area contributed by atoms with E-state index in [4.69, 9.17) is 9.15 Å². The second kappa shape index (κ2) is 8.03. The van der Waals surface area contributed by atoms with Gasteiger partial charge in [0, 0.05) is 36.0 Å². The molecule has 1 N–H and O–H groups in total. The third-order valence-electron chi connectivity index (χ3n) is 4.47. The molecule has 2 heterocycles. The molecule has 0 aliphatic heterocycles. The van der Waals surface area contributed by atoms with E-state index in [1.807, 2.05) is 38.1 Å². The van der Waals surface area contributed by atoms with Gasteiger partial charge in [0.25, 0.3) is 5.91 Å². The number of ether oxygens (including phenoxy) is 1. The van der Waals surface area contributed by atoms with Crippen LogP contribution in [0.2, 0.25) is 0 Å². The molecule has 3 aromatic rings. The summed E-state index contributed by atoms with van der Waals surface area (Å²) in [5.41, 5.74) is 2.71. The number of carbonyl (C=O) groups is 1. The van der Waals surface area contributed by atoms with Crippen LogP contribution < -0.4 is 15.7 Å². The average Bonchev–Trinajstić information content (AvgIpc) is 2.68. The maximum Gasteiger partial charge on any atom is 0.336 e. The minimum Gasteiger partial charge on any atom is -0.480 e. The summed E-state index contributed by atoms with van der Waals surface area (Å²) in [5.74, 6) is 0.292. The fraction of sp³-hybridized carbons (Fsp3) is 0.286. The standard InChI is InChI=1S/C21H22N2O4/c1-4-16-11-19(24)27-20-13(2)18(6-5-17(16)20)26-14(3)21(25)23-12-15-7-9-22-10-8-15/h5-11,14H,4,12H2,1-3H3,(H,23,25). The van der Waals surface area contributed by atoms with Crippen LogP contribution in [0.3, 0.4) is 0 Å². The lowest BCUT2D eigenvalue weighted by Crippen LogP contribution is -2.36. The first-order chi connectivity index (χ1) is 13.0. The molecule has 6 nitrogen and oxygen atoms in total. The van der Waals surface area contributed by atoms with E-state index in [9.17, 15) is 9.59 Å². The van der Waals surface area contributed by atoms with E-state index < -0.39 is 6.10 Å². The van der Waals surface area contributed by atoms with Gasteiger partial charge < -0.3 is 14.5 Å². The monoisotopic (exact) mass is 366 g/mol. The molecule has 27 heavy (non-hydrogen) atoms. The number of pyridine rings is 1. The molecule has 0 spiro atoms. The summed E-state index contributed by atoms with van der Waals surface area (Å²) in [6.07, 6.45) is 3.40. The second-order valence-electron chi connectivity index (χ2n) is 6.34. The van der Waals surface area contributed by atoms with Crippen molar-refractivity contribution >= 4 is 16.9 Å². The minimum atomic E-state index is -0.691. The second-order valence-corrected chi connectivity index (χ2v) is 6.34. The summed E-state index contributed by atoms with van der Waals surface area (Å²) in [6.45, 7) is 5.90. The third kappa shape index (κ3) is 4.16. The minimum absolute atomic E-state index is 0.227. The Morgan fingerprint density at radius 1 is 1.26 bits per heavy atom. The van der Waals surface area contributed by atoms with Gasteiger partial charge in [-0.2, -0.15) is 0 Å². The van der Waals surface area contributed by atoms with Gasteiger partial charge in [0.05, 0.1) is 0 Å². The van der Waals surface area contributed by atoms with Crippen LogP contribution in [0.1, 0.15) is 30.5 Å². The molecule has 1 unspecified atom stereocenters. The zero-order chi connectivity index (χ0) is 19.4. The van der Waals surface area contributed by atoms with Gasteiger partial charge in [-0.1, -0.05) is 6.92 Å². The number of hydrogen-bond acceptors (Lipinski definition) is 5. The van der Waals surface area contributed by atoms with E-state index >= 15 is 0 Å². The van der Waals surface area contributed by atoms with Crippen molar-refractivity contribution in [1.82, 2.24) is 10.3 Å². The Bertz CT molecular complexity index is 1010. The highest BCUT2D eigenvalue weighted by Gasteiger charge is 2.17. The molecule has 1 aromatic carbocycles. The molecule has 2 aromatic heterocycles. The maximum atomic E-state index is 12.3. The van der Waals surface area contributed by atoms with Gasteiger partial charge in [-0.05, 0) is 55.7 Å². The van der Waals surface area contributed by atoms with Gasteiger partial charge in [0.2, 0.25) is 0 Å². The molecule has 0 aliphatic carbocycles. The van der Waals surface area contributed by atoms with Crippen molar-refractivity contribution in [2.24, 2.45) is 0 Å². The number of nitrogens with one attached hydrogen (secondary N) is 1. The van der Waals surface area contributed by atoms with E-state index in [2.05, 4.69) is 10.3 Å². The summed E-state index contributed by atoms with van der Waals surface area (Å²) in [6, 6.07) is 8.86. The lowest BCUT2D eigenvalue weighted by Gasteiger charge is -2.17. The van der Waals surface area contributed by atoms with Gasteiger partial charge in [0.15, 0.2) is 6.10 Å². The highest BCUT2D eigenvalue weighted by molar-refractivity contribution is 5.85. The van der Waals surface area contributed by atoms with Crippen LogP contribution in [0.25, 0.3) is 11.0 Å². The number of benzene rings is 1. The molecule has 0 aliphatic rings. The predicted octanol–water partition coefficient (Wildman–Crippen LogP) is 3.14. The Kier molecular flexibility index (Phi) is 5.54. The van der Waals surface area contributed by atoms with Gasteiger partial charge in [-0.15, -0.1) is 0 Å². The first kappa shape index (κ1) is 18.6. The number of hydrogen-bond donors (Lipinski definition) is 1. The topological polar surface area (TPSA) is 81.4 Å². The summed E-state index contributed by atoms with van der Waals surface area (Å²) in [7, 11) is 0. The summed E-state index contributed by atoms with van der Waals surface area (Å²) in [4.78, 5) is 28.1. The van der Waals surface area contributed by atoms with Gasteiger partial charge in [-0.3, -0.25) is 9.78 Å². The fourth-order valence-corrected chi connectivity index (χ4v) is 2.91. The first-order valence-corrected chi connectivity index (χ1v) is 8.89. The zero-order valence-corrected chi connectivity index (χ0v) is 15.6. The molecule has 3 rings (SSSR count). The average molecular weight is 366 g/mol. The van der Waals surface area contributed by atoms with Crippen LogP contribution >= 0.6 is 0 Å². The van der Waals surface area contributed by atoms with Crippen LogP contribution in [-0.4, -0.2) is 17.0 Å². The quantitative estimate of drug-likeness (QED) is 0.678. The number of nitrogens with zero attached hydrogens (tertiary/aromatic N) is 1. The number of amides is 1. The van der Waals surface area contributed by atoms with Crippen molar-refractivity contribution in [3.8, 4) is 5.75 Å². The summed E-state index contributed by atoms with van der Waals surface area (Å²) < 4.78 is 11.2. The summed E-state index contributed by atoms with van der Waals surface area (Å²) in [5, 5.41) is 3.72. The van der Waals surface area contributed by atoms with E-state index in [0.29, 0.717) is 23.4 Å². The predicted molar refractivity (Wildman–Crippen MR) is 103 cm³/mol. The summed E-state index contributed by atoms with van der Waals surface area (Å²) >= 11 is 0. The highest BCUT2D eigenvalue weighted by atomic mass is 16.5. The number of fused-ring (bicyclic) bond motifs is 1. The van der Waals surface area contributed by atoms with Crippen molar-refractivity contribution < 1.29 is 13.9 Å². The smallest absolute Gasteiger partial charge is 0.336 e. The molecule has 0 saturated carbocycles. The number of aromatic nitrogens is 1. The Balaban J connectivity index is 1.76. The van der Waals surface area contributed by atoms with Crippen LogP contribution in [0.5, 0.6) is 5.75 Å². The molecule has 0 bridgehead atoms. The molecule has 1 atom stereocenters. The third-order valence-corrected chi connectivity index (χ3v) is 4.47. The maximum absolute atomic E-state index is 12.3. The molecule has 6 heteroatoms. The van der Waals surface area contributed by atoms with E-state index in [1.165, 1.54) is 6.07 Å². The molecular formula is C21H22N2O4. The lowest BCUT2D eigenvalue weighted by atomic mass is 10.0. The molecular weight excluding hydrogens is 344 g/mol. The molecule has 140 valence electrons. The van der Waals surface area contributed by atoms with Crippen molar-refractivity contribution in [3.63, 3.8) is 0 Å². The molecule has 0 saturated heterocycles. The van der Waals surface area contributed by atoms with Crippen molar-refractivity contribution in [1.29, 1.82) is 0 Å². The zero-order valence-electron chi connectivity index (χ0n) is 15.6. The van der Waals surface area contributed by atoms with Crippen LogP contribution in [0.15, 0.2) is 51.9 Å². The lowest BCUT2D eigenvalue weighted by molar-refractivity contribution is -0.127.